The SMILES string of the molecule is NC(=O)c1cnc(Nc2ccc(C3CCOCC3)cc2)cc1NCc1ccccc1F. The van der Waals surface area contributed by atoms with Gasteiger partial charge in [0.05, 0.1) is 11.3 Å². The summed E-state index contributed by atoms with van der Waals surface area (Å²) in [7, 11) is 0. The standard InChI is InChI=1S/C24H25FN4O2/c25-21-4-2-1-3-18(21)14-27-22-13-23(28-15-20(22)24(26)30)29-19-7-5-16(6-8-19)17-9-11-31-12-10-17/h1-8,13,15,17H,9-12,14H2,(H2,26,30)(H2,27,28,29). The molecule has 4 rings (SSSR count). The summed E-state index contributed by atoms with van der Waals surface area (Å²) in [5.41, 5.74) is 8.90. The van der Waals surface area contributed by atoms with Gasteiger partial charge in [0.25, 0.3) is 5.91 Å². The maximum Gasteiger partial charge on any atom is 0.252 e. The summed E-state index contributed by atoms with van der Waals surface area (Å²) in [6.45, 7) is 1.84. The minimum absolute atomic E-state index is 0.218. The van der Waals surface area contributed by atoms with Crippen LogP contribution < -0.4 is 16.4 Å². The van der Waals surface area contributed by atoms with Crippen LogP contribution in [-0.4, -0.2) is 24.1 Å². The molecule has 1 amide bonds. The van der Waals surface area contributed by atoms with Gasteiger partial charge in [0.1, 0.15) is 11.6 Å². The van der Waals surface area contributed by atoms with E-state index >= 15 is 0 Å². The second kappa shape index (κ2) is 9.57. The average molecular weight is 420 g/mol. The molecule has 0 aliphatic carbocycles. The fraction of sp³-hybridized carbons (Fsp3) is 0.250. The number of anilines is 3. The van der Waals surface area contributed by atoms with Gasteiger partial charge in [0.15, 0.2) is 0 Å². The summed E-state index contributed by atoms with van der Waals surface area (Å²) in [6.07, 6.45) is 3.50. The Labute approximate surface area is 180 Å². The first-order chi connectivity index (χ1) is 15.1. The van der Waals surface area contributed by atoms with Crippen molar-refractivity contribution in [2.45, 2.75) is 25.3 Å². The Hall–Kier alpha value is -3.45. The van der Waals surface area contributed by atoms with Crippen molar-refractivity contribution >= 4 is 23.1 Å². The minimum Gasteiger partial charge on any atom is -0.381 e. The van der Waals surface area contributed by atoms with E-state index in [0.29, 0.717) is 23.0 Å². The second-order valence-electron chi connectivity index (χ2n) is 7.56. The van der Waals surface area contributed by atoms with Gasteiger partial charge in [-0.1, -0.05) is 30.3 Å². The first-order valence-corrected chi connectivity index (χ1v) is 10.3. The molecule has 1 aromatic heterocycles. The number of amides is 1. The lowest BCUT2D eigenvalue weighted by Gasteiger charge is -2.22. The topological polar surface area (TPSA) is 89.3 Å². The van der Waals surface area contributed by atoms with Gasteiger partial charge >= 0.3 is 0 Å². The maximum atomic E-state index is 13.9. The van der Waals surface area contributed by atoms with E-state index in [9.17, 15) is 9.18 Å². The number of halogens is 1. The fourth-order valence-electron chi connectivity index (χ4n) is 3.72. The lowest BCUT2D eigenvalue weighted by Crippen LogP contribution is -2.15. The highest BCUT2D eigenvalue weighted by atomic mass is 19.1. The third-order valence-electron chi connectivity index (χ3n) is 5.47. The Bertz CT molecular complexity index is 1050. The molecule has 2 heterocycles. The molecule has 0 bridgehead atoms. The van der Waals surface area contributed by atoms with Crippen LogP contribution in [0.2, 0.25) is 0 Å². The van der Waals surface area contributed by atoms with Gasteiger partial charge in [-0.2, -0.15) is 0 Å². The Morgan fingerprint density at radius 1 is 1.13 bits per heavy atom. The van der Waals surface area contributed by atoms with Crippen LogP contribution in [0.3, 0.4) is 0 Å². The summed E-state index contributed by atoms with van der Waals surface area (Å²) in [4.78, 5) is 16.1. The lowest BCUT2D eigenvalue weighted by atomic mass is 9.92. The van der Waals surface area contributed by atoms with Gasteiger partial charge in [-0.05, 0) is 42.5 Å². The Kier molecular flexibility index (Phi) is 6.43. The van der Waals surface area contributed by atoms with Gasteiger partial charge in [-0.3, -0.25) is 4.79 Å². The van der Waals surface area contributed by atoms with Crippen molar-refractivity contribution in [2.75, 3.05) is 23.8 Å². The molecule has 1 saturated heterocycles. The first kappa shape index (κ1) is 20.8. The summed E-state index contributed by atoms with van der Waals surface area (Å²) in [5.74, 6) is 0.174. The van der Waals surface area contributed by atoms with Gasteiger partial charge in [-0.25, -0.2) is 9.37 Å². The Morgan fingerprint density at radius 2 is 1.87 bits per heavy atom. The number of carbonyl (C=O) groups excluding carboxylic acids is 1. The maximum absolute atomic E-state index is 13.9. The van der Waals surface area contributed by atoms with Crippen LogP contribution in [0.25, 0.3) is 0 Å². The van der Waals surface area contributed by atoms with Gasteiger partial charge < -0.3 is 21.1 Å². The van der Waals surface area contributed by atoms with Crippen molar-refractivity contribution in [1.82, 2.24) is 4.98 Å². The highest BCUT2D eigenvalue weighted by Gasteiger charge is 2.16. The number of hydrogen-bond donors (Lipinski definition) is 3. The zero-order valence-corrected chi connectivity index (χ0v) is 17.1. The Balaban J connectivity index is 1.48. The van der Waals surface area contributed by atoms with Gasteiger partial charge in [-0.15, -0.1) is 0 Å². The van der Waals surface area contributed by atoms with E-state index in [2.05, 4.69) is 27.8 Å². The monoisotopic (exact) mass is 420 g/mol. The summed E-state index contributed by atoms with van der Waals surface area (Å²) < 4.78 is 19.4. The van der Waals surface area contributed by atoms with Crippen molar-refractivity contribution in [2.24, 2.45) is 5.73 Å². The zero-order valence-electron chi connectivity index (χ0n) is 17.1. The van der Waals surface area contributed by atoms with E-state index in [0.717, 1.165) is 31.7 Å². The van der Waals surface area contributed by atoms with Crippen molar-refractivity contribution in [3.05, 3.63) is 83.3 Å². The third kappa shape index (κ3) is 5.19. The second-order valence-corrected chi connectivity index (χ2v) is 7.56. The fourth-order valence-corrected chi connectivity index (χ4v) is 3.72. The highest BCUT2D eigenvalue weighted by Crippen LogP contribution is 2.29. The predicted octanol–water partition coefficient (Wildman–Crippen LogP) is 4.57. The molecule has 7 heteroatoms. The molecule has 4 N–H and O–H groups in total. The number of nitrogens with zero attached hydrogens (tertiary/aromatic N) is 1. The molecule has 3 aromatic rings. The number of benzene rings is 2. The van der Waals surface area contributed by atoms with Gasteiger partial charge in [0.2, 0.25) is 0 Å². The molecule has 0 spiro atoms. The van der Waals surface area contributed by atoms with Crippen LogP contribution in [0, 0.1) is 5.82 Å². The van der Waals surface area contributed by atoms with Crippen molar-refractivity contribution in [3.63, 3.8) is 0 Å². The van der Waals surface area contributed by atoms with Crippen LogP contribution >= 0.6 is 0 Å². The molecule has 2 aromatic carbocycles. The van der Waals surface area contributed by atoms with E-state index in [1.807, 2.05) is 12.1 Å². The minimum atomic E-state index is -0.601. The molecule has 0 atom stereocenters. The lowest BCUT2D eigenvalue weighted by molar-refractivity contribution is 0.0853. The largest absolute Gasteiger partial charge is 0.381 e. The number of ether oxygens (including phenoxy) is 1. The van der Waals surface area contributed by atoms with E-state index in [-0.39, 0.29) is 17.9 Å². The molecular weight excluding hydrogens is 395 g/mol. The number of nitrogens with one attached hydrogen (secondary N) is 2. The van der Waals surface area contributed by atoms with E-state index in [4.69, 9.17) is 10.5 Å². The molecule has 1 aliphatic rings. The molecular formula is C24H25FN4O2. The number of primary amides is 1. The number of aromatic nitrogens is 1. The summed E-state index contributed by atoms with van der Waals surface area (Å²) >= 11 is 0. The molecule has 0 radical (unpaired) electrons. The molecule has 6 nitrogen and oxygen atoms in total. The van der Waals surface area contributed by atoms with Crippen molar-refractivity contribution < 1.29 is 13.9 Å². The van der Waals surface area contributed by atoms with Crippen LogP contribution in [0.5, 0.6) is 0 Å². The number of carbonyl (C=O) groups is 1. The zero-order chi connectivity index (χ0) is 21.6. The Morgan fingerprint density at radius 3 is 2.58 bits per heavy atom. The molecule has 0 saturated carbocycles. The molecule has 1 fully saturated rings. The number of pyridine rings is 1. The molecule has 160 valence electrons. The third-order valence-corrected chi connectivity index (χ3v) is 5.47. The van der Waals surface area contributed by atoms with Gasteiger partial charge in [0, 0.05) is 43.3 Å². The van der Waals surface area contributed by atoms with Crippen molar-refractivity contribution in [1.29, 1.82) is 0 Å². The van der Waals surface area contributed by atoms with Crippen LogP contribution in [0.1, 0.15) is 40.2 Å². The summed E-state index contributed by atoms with van der Waals surface area (Å²) in [5, 5.41) is 6.35. The number of rotatable bonds is 7. The normalized spacial score (nSPS) is 14.2. The van der Waals surface area contributed by atoms with E-state index in [1.54, 1.807) is 24.3 Å². The number of nitrogens with two attached hydrogens (primary N) is 1. The molecule has 1 aliphatic heterocycles. The molecule has 0 unspecified atom stereocenters. The first-order valence-electron chi connectivity index (χ1n) is 10.3. The highest BCUT2D eigenvalue weighted by molar-refractivity contribution is 5.98. The van der Waals surface area contributed by atoms with E-state index < -0.39 is 5.91 Å². The van der Waals surface area contributed by atoms with Crippen LogP contribution in [0.15, 0.2) is 60.8 Å². The van der Waals surface area contributed by atoms with Crippen LogP contribution in [0.4, 0.5) is 21.6 Å². The quantitative estimate of drug-likeness (QED) is 0.521. The molecule has 31 heavy (non-hydrogen) atoms. The average Bonchev–Trinajstić information content (AvgIpc) is 2.79. The predicted molar refractivity (Wildman–Crippen MR) is 119 cm³/mol. The van der Waals surface area contributed by atoms with E-state index in [1.165, 1.54) is 17.8 Å². The number of hydrogen-bond acceptors (Lipinski definition) is 5. The van der Waals surface area contributed by atoms with Crippen molar-refractivity contribution in [3.8, 4) is 0 Å². The summed E-state index contributed by atoms with van der Waals surface area (Å²) in [6, 6.07) is 16.5. The van der Waals surface area contributed by atoms with Crippen LogP contribution in [-0.2, 0) is 11.3 Å². The smallest absolute Gasteiger partial charge is 0.252 e.